The minimum Gasteiger partial charge on any atom is -0.356 e. The molecule has 4 nitrogen and oxygen atoms in total. The second-order valence-electron chi connectivity index (χ2n) is 5.66. The van der Waals surface area contributed by atoms with Gasteiger partial charge in [-0.3, -0.25) is 0 Å². The zero-order valence-corrected chi connectivity index (χ0v) is 11.8. The molecule has 1 atom stereocenters. The molecule has 0 radical (unpaired) electrons. The van der Waals surface area contributed by atoms with Crippen molar-refractivity contribution in [2.45, 2.75) is 38.3 Å². The van der Waals surface area contributed by atoms with E-state index in [1.807, 2.05) is 13.2 Å². The van der Waals surface area contributed by atoms with Gasteiger partial charge in [-0.05, 0) is 44.4 Å². The van der Waals surface area contributed by atoms with Crippen molar-refractivity contribution in [1.82, 2.24) is 15.6 Å². The van der Waals surface area contributed by atoms with E-state index in [2.05, 4.69) is 26.6 Å². The Morgan fingerprint density at radius 1 is 1.37 bits per heavy atom. The van der Waals surface area contributed by atoms with E-state index in [0.29, 0.717) is 6.04 Å². The predicted octanol–water partition coefficient (Wildman–Crippen LogP) is 1.31. The highest BCUT2D eigenvalue weighted by Gasteiger charge is 2.23. The number of anilines is 1. The summed E-state index contributed by atoms with van der Waals surface area (Å²) in [4.78, 5) is 7.18. The van der Waals surface area contributed by atoms with Crippen molar-refractivity contribution < 1.29 is 0 Å². The van der Waals surface area contributed by atoms with Gasteiger partial charge in [-0.2, -0.15) is 0 Å². The third-order valence-electron chi connectivity index (χ3n) is 4.27. The third kappa shape index (κ3) is 2.74. The van der Waals surface area contributed by atoms with Gasteiger partial charge < -0.3 is 15.5 Å². The molecule has 2 aliphatic rings. The normalized spacial score (nSPS) is 23.2. The SMILES string of the molecule is CNCC1Cc2c(ccnc2N2CCCCC2)CN1. The van der Waals surface area contributed by atoms with Gasteiger partial charge in [-0.15, -0.1) is 0 Å². The van der Waals surface area contributed by atoms with Gasteiger partial charge in [0.2, 0.25) is 0 Å². The monoisotopic (exact) mass is 260 g/mol. The molecule has 1 saturated heterocycles. The number of pyridine rings is 1. The van der Waals surface area contributed by atoms with Crippen molar-refractivity contribution in [3.05, 3.63) is 23.4 Å². The quantitative estimate of drug-likeness (QED) is 0.859. The number of rotatable bonds is 3. The minimum absolute atomic E-state index is 0.533. The first-order valence-electron chi connectivity index (χ1n) is 7.48. The third-order valence-corrected chi connectivity index (χ3v) is 4.27. The van der Waals surface area contributed by atoms with Crippen molar-refractivity contribution >= 4 is 5.82 Å². The van der Waals surface area contributed by atoms with Gasteiger partial charge in [0.1, 0.15) is 5.82 Å². The Balaban J connectivity index is 1.85. The van der Waals surface area contributed by atoms with Gasteiger partial charge in [-0.25, -0.2) is 4.98 Å². The molecule has 0 aromatic carbocycles. The van der Waals surface area contributed by atoms with Crippen LogP contribution in [0.1, 0.15) is 30.4 Å². The lowest BCUT2D eigenvalue weighted by molar-refractivity contribution is 0.459. The first kappa shape index (κ1) is 12.9. The molecule has 2 aliphatic heterocycles. The average molecular weight is 260 g/mol. The van der Waals surface area contributed by atoms with Crippen LogP contribution in [0.15, 0.2) is 12.3 Å². The summed E-state index contributed by atoms with van der Waals surface area (Å²) in [6, 6.07) is 2.70. The van der Waals surface area contributed by atoms with Crippen molar-refractivity contribution in [3.63, 3.8) is 0 Å². The molecule has 104 valence electrons. The van der Waals surface area contributed by atoms with Gasteiger partial charge in [0.05, 0.1) is 0 Å². The second kappa shape index (κ2) is 5.88. The zero-order valence-electron chi connectivity index (χ0n) is 11.8. The Kier molecular flexibility index (Phi) is 3.99. The Hall–Kier alpha value is -1.13. The number of hydrogen-bond donors (Lipinski definition) is 2. The molecule has 2 N–H and O–H groups in total. The molecule has 1 aromatic rings. The van der Waals surface area contributed by atoms with Gasteiger partial charge >= 0.3 is 0 Å². The minimum atomic E-state index is 0.533. The van der Waals surface area contributed by atoms with E-state index in [4.69, 9.17) is 0 Å². The first-order valence-corrected chi connectivity index (χ1v) is 7.48. The molecule has 0 amide bonds. The Morgan fingerprint density at radius 3 is 3.00 bits per heavy atom. The largest absolute Gasteiger partial charge is 0.356 e. The van der Waals surface area contributed by atoms with Crippen LogP contribution in [0.3, 0.4) is 0 Å². The van der Waals surface area contributed by atoms with Crippen molar-refractivity contribution in [2.75, 3.05) is 31.6 Å². The van der Waals surface area contributed by atoms with Crippen LogP contribution in [0.2, 0.25) is 0 Å². The van der Waals surface area contributed by atoms with Crippen LogP contribution >= 0.6 is 0 Å². The van der Waals surface area contributed by atoms with Crippen LogP contribution < -0.4 is 15.5 Å². The van der Waals surface area contributed by atoms with Crippen molar-refractivity contribution in [2.24, 2.45) is 0 Å². The summed E-state index contributed by atoms with van der Waals surface area (Å²) in [5.41, 5.74) is 2.91. The highest BCUT2D eigenvalue weighted by Crippen LogP contribution is 2.27. The molecule has 1 aromatic heterocycles. The number of hydrogen-bond acceptors (Lipinski definition) is 4. The lowest BCUT2D eigenvalue weighted by Crippen LogP contribution is -2.43. The maximum atomic E-state index is 4.69. The van der Waals surface area contributed by atoms with Crippen LogP contribution in [-0.2, 0) is 13.0 Å². The molecule has 0 aliphatic carbocycles. The summed E-state index contributed by atoms with van der Waals surface area (Å²) >= 11 is 0. The fourth-order valence-corrected chi connectivity index (χ4v) is 3.25. The molecule has 1 fully saturated rings. The van der Waals surface area contributed by atoms with E-state index in [1.165, 1.54) is 49.3 Å². The van der Waals surface area contributed by atoms with E-state index in [1.54, 1.807) is 0 Å². The van der Waals surface area contributed by atoms with Crippen LogP contribution in [0.25, 0.3) is 0 Å². The molecule has 0 bridgehead atoms. The summed E-state index contributed by atoms with van der Waals surface area (Å²) < 4.78 is 0. The average Bonchev–Trinajstić information content (AvgIpc) is 2.48. The van der Waals surface area contributed by atoms with Crippen LogP contribution in [0, 0.1) is 0 Å². The number of fused-ring (bicyclic) bond motifs is 1. The molecular weight excluding hydrogens is 236 g/mol. The number of aromatic nitrogens is 1. The van der Waals surface area contributed by atoms with Crippen LogP contribution in [-0.4, -0.2) is 37.7 Å². The zero-order chi connectivity index (χ0) is 13.1. The Labute approximate surface area is 115 Å². The lowest BCUT2D eigenvalue weighted by Gasteiger charge is -2.33. The molecule has 4 heteroatoms. The smallest absolute Gasteiger partial charge is 0.132 e. The molecule has 1 unspecified atom stereocenters. The van der Waals surface area contributed by atoms with Crippen molar-refractivity contribution in [3.8, 4) is 0 Å². The van der Waals surface area contributed by atoms with E-state index in [-0.39, 0.29) is 0 Å². The van der Waals surface area contributed by atoms with E-state index in [9.17, 15) is 0 Å². The standard InChI is InChI=1S/C15H24N4/c1-16-11-13-9-14-12(10-18-13)5-6-17-15(14)19-7-3-2-4-8-19/h5-6,13,16,18H,2-4,7-11H2,1H3. The molecule has 3 rings (SSSR count). The summed E-state index contributed by atoms with van der Waals surface area (Å²) in [6.45, 7) is 4.35. The number of nitrogens with zero attached hydrogens (tertiary/aromatic N) is 2. The van der Waals surface area contributed by atoms with E-state index < -0.39 is 0 Å². The number of piperidine rings is 1. The second-order valence-corrected chi connectivity index (χ2v) is 5.66. The van der Waals surface area contributed by atoms with Gasteiger partial charge in [-0.1, -0.05) is 0 Å². The Bertz CT molecular complexity index is 426. The van der Waals surface area contributed by atoms with Gasteiger partial charge in [0, 0.05) is 44.0 Å². The Morgan fingerprint density at radius 2 is 2.21 bits per heavy atom. The first-order chi connectivity index (χ1) is 9.38. The van der Waals surface area contributed by atoms with Gasteiger partial charge in [0.25, 0.3) is 0 Å². The summed E-state index contributed by atoms with van der Waals surface area (Å²) in [5, 5.41) is 6.87. The van der Waals surface area contributed by atoms with Crippen LogP contribution in [0.5, 0.6) is 0 Å². The lowest BCUT2D eigenvalue weighted by atomic mass is 9.95. The molecular formula is C15H24N4. The predicted molar refractivity (Wildman–Crippen MR) is 78.6 cm³/mol. The molecule has 3 heterocycles. The fourth-order valence-electron chi connectivity index (χ4n) is 3.25. The van der Waals surface area contributed by atoms with Crippen molar-refractivity contribution in [1.29, 1.82) is 0 Å². The molecule has 0 spiro atoms. The maximum Gasteiger partial charge on any atom is 0.132 e. The number of likely N-dealkylation sites (N-methyl/N-ethyl adjacent to an activating group) is 1. The summed E-state index contributed by atoms with van der Waals surface area (Å²) in [6.07, 6.45) is 7.06. The molecule has 0 saturated carbocycles. The highest BCUT2D eigenvalue weighted by molar-refractivity contribution is 5.52. The van der Waals surface area contributed by atoms with Crippen LogP contribution in [0.4, 0.5) is 5.82 Å². The van der Waals surface area contributed by atoms with Gasteiger partial charge in [0.15, 0.2) is 0 Å². The summed E-state index contributed by atoms with van der Waals surface area (Å²) in [5.74, 6) is 1.25. The fraction of sp³-hybridized carbons (Fsp3) is 0.667. The van der Waals surface area contributed by atoms with E-state index in [0.717, 1.165) is 19.5 Å². The van der Waals surface area contributed by atoms with E-state index >= 15 is 0 Å². The topological polar surface area (TPSA) is 40.2 Å². The maximum absolute atomic E-state index is 4.69. The molecule has 19 heavy (non-hydrogen) atoms. The highest BCUT2D eigenvalue weighted by atomic mass is 15.2. The summed E-state index contributed by atoms with van der Waals surface area (Å²) in [7, 11) is 2.02. The number of nitrogens with one attached hydrogen (secondary N) is 2.